The van der Waals surface area contributed by atoms with E-state index in [0.717, 1.165) is 21.0 Å². The molecule has 25 heavy (non-hydrogen) atoms. The molecule has 0 aliphatic carbocycles. The molecule has 0 saturated carbocycles. The van der Waals surface area contributed by atoms with Crippen molar-refractivity contribution >= 4 is 15.9 Å². The molecule has 2 rings (SSSR count). The van der Waals surface area contributed by atoms with Gasteiger partial charge < -0.3 is 5.32 Å². The van der Waals surface area contributed by atoms with Crippen molar-refractivity contribution in [3.05, 3.63) is 65.2 Å². The Bertz CT molecular complexity index is 828. The molecule has 0 aromatic heterocycles. The summed E-state index contributed by atoms with van der Waals surface area (Å²) in [5.41, 5.74) is 3.10. The van der Waals surface area contributed by atoms with Gasteiger partial charge in [-0.15, -0.1) is 0 Å². The Balaban J connectivity index is 2.01. The summed E-state index contributed by atoms with van der Waals surface area (Å²) in [6.07, 6.45) is 0. The number of rotatable bonds is 6. The second-order valence-electron chi connectivity index (χ2n) is 6.27. The zero-order valence-electron chi connectivity index (χ0n) is 15.0. The Morgan fingerprint density at radius 3 is 2.00 bits per heavy atom. The highest BCUT2D eigenvalue weighted by Gasteiger charge is 2.23. The Morgan fingerprint density at radius 1 is 1.00 bits per heavy atom. The summed E-state index contributed by atoms with van der Waals surface area (Å²) in [5.74, 6) is -0.341. The first-order valence-electron chi connectivity index (χ1n) is 8.09. The van der Waals surface area contributed by atoms with Crippen LogP contribution in [0.25, 0.3) is 0 Å². The summed E-state index contributed by atoms with van der Waals surface area (Å²) in [7, 11) is -2.28. The molecule has 134 valence electrons. The van der Waals surface area contributed by atoms with Crippen molar-refractivity contribution in [2.45, 2.75) is 31.7 Å². The second kappa shape index (κ2) is 7.80. The van der Waals surface area contributed by atoms with Crippen LogP contribution in [-0.4, -0.2) is 32.2 Å². The predicted octanol–water partition coefficient (Wildman–Crippen LogP) is 2.80. The lowest BCUT2D eigenvalue weighted by Crippen LogP contribution is -2.39. The van der Waals surface area contributed by atoms with Crippen molar-refractivity contribution in [3.8, 4) is 0 Å². The summed E-state index contributed by atoms with van der Waals surface area (Å²) in [6.45, 7) is 5.53. The molecule has 2 aromatic rings. The van der Waals surface area contributed by atoms with Crippen molar-refractivity contribution in [1.29, 1.82) is 0 Å². The molecule has 0 fully saturated rings. The lowest BCUT2D eigenvalue weighted by atomic mass is 10.1. The number of carbonyl (C=O) groups excluding carboxylic acids is 1. The molecule has 2 aromatic carbocycles. The van der Waals surface area contributed by atoms with E-state index in [1.165, 1.54) is 7.05 Å². The van der Waals surface area contributed by atoms with Crippen LogP contribution in [0.2, 0.25) is 0 Å². The van der Waals surface area contributed by atoms with Crippen molar-refractivity contribution in [2.24, 2.45) is 0 Å². The lowest BCUT2D eigenvalue weighted by Gasteiger charge is -2.19. The minimum atomic E-state index is -3.68. The Kier molecular flexibility index (Phi) is 5.98. The lowest BCUT2D eigenvalue weighted by molar-refractivity contribution is -0.121. The highest BCUT2D eigenvalue weighted by molar-refractivity contribution is 7.89. The molecule has 6 heteroatoms. The Labute approximate surface area is 149 Å². The van der Waals surface area contributed by atoms with Crippen molar-refractivity contribution < 1.29 is 13.2 Å². The second-order valence-corrected chi connectivity index (χ2v) is 8.32. The number of sulfonamides is 1. The smallest absolute Gasteiger partial charge is 0.243 e. The number of nitrogens with one attached hydrogen (secondary N) is 1. The van der Waals surface area contributed by atoms with Gasteiger partial charge in [0.15, 0.2) is 0 Å². The fraction of sp³-hybridized carbons (Fsp3) is 0.316. The minimum absolute atomic E-state index is 0.181. The number of aryl methyl sites for hydroxylation is 2. The third-order valence-corrected chi connectivity index (χ3v) is 5.87. The fourth-order valence-corrected chi connectivity index (χ4v) is 3.53. The van der Waals surface area contributed by atoms with Gasteiger partial charge in [-0.1, -0.05) is 47.5 Å². The minimum Gasteiger partial charge on any atom is -0.348 e. The van der Waals surface area contributed by atoms with Gasteiger partial charge in [0.05, 0.1) is 17.5 Å². The zero-order valence-corrected chi connectivity index (χ0v) is 15.8. The van der Waals surface area contributed by atoms with Crippen LogP contribution in [0.15, 0.2) is 53.4 Å². The molecule has 0 heterocycles. The first kappa shape index (κ1) is 19.1. The van der Waals surface area contributed by atoms with Crippen LogP contribution in [0.5, 0.6) is 0 Å². The van der Waals surface area contributed by atoms with E-state index in [1.54, 1.807) is 24.3 Å². The van der Waals surface area contributed by atoms with Crippen LogP contribution >= 0.6 is 0 Å². The average Bonchev–Trinajstić information content (AvgIpc) is 2.55. The quantitative estimate of drug-likeness (QED) is 0.861. The van der Waals surface area contributed by atoms with Gasteiger partial charge in [-0.05, 0) is 38.5 Å². The summed E-state index contributed by atoms with van der Waals surface area (Å²) in [4.78, 5) is 12.4. The molecule has 1 N–H and O–H groups in total. The zero-order chi connectivity index (χ0) is 18.6. The molecule has 0 aliphatic heterocycles. The number of nitrogens with zero attached hydrogens (tertiary/aromatic N) is 1. The number of benzene rings is 2. The maximum absolute atomic E-state index is 12.5. The van der Waals surface area contributed by atoms with E-state index in [4.69, 9.17) is 0 Å². The summed E-state index contributed by atoms with van der Waals surface area (Å²) in [5, 5.41) is 2.83. The molecule has 0 unspecified atom stereocenters. The number of hydrogen-bond donors (Lipinski definition) is 1. The summed E-state index contributed by atoms with van der Waals surface area (Å²) >= 11 is 0. The van der Waals surface area contributed by atoms with Gasteiger partial charge in [0, 0.05) is 7.05 Å². The average molecular weight is 360 g/mol. The molecule has 0 spiro atoms. The van der Waals surface area contributed by atoms with E-state index in [1.807, 2.05) is 45.0 Å². The molecule has 0 radical (unpaired) electrons. The van der Waals surface area contributed by atoms with Gasteiger partial charge in [-0.25, -0.2) is 8.42 Å². The Morgan fingerprint density at radius 2 is 1.48 bits per heavy atom. The number of carbonyl (C=O) groups is 1. The maximum atomic E-state index is 12.5. The summed E-state index contributed by atoms with van der Waals surface area (Å²) < 4.78 is 26.1. The molecule has 0 aliphatic rings. The molecular weight excluding hydrogens is 336 g/mol. The third kappa shape index (κ3) is 4.90. The number of likely N-dealkylation sites (N-methyl/N-ethyl adjacent to an activating group) is 1. The van der Waals surface area contributed by atoms with Crippen LogP contribution in [0.3, 0.4) is 0 Å². The van der Waals surface area contributed by atoms with Gasteiger partial charge in [0.25, 0.3) is 0 Å². The maximum Gasteiger partial charge on any atom is 0.243 e. The molecule has 1 amide bonds. The van der Waals surface area contributed by atoms with Crippen LogP contribution in [0.1, 0.15) is 29.7 Å². The van der Waals surface area contributed by atoms with Crippen molar-refractivity contribution in [1.82, 2.24) is 9.62 Å². The van der Waals surface area contributed by atoms with Crippen LogP contribution in [0, 0.1) is 13.8 Å². The Hall–Kier alpha value is -2.18. The standard InChI is InChI=1S/C19H24N2O3S/c1-14-5-9-17(10-6-14)16(3)20-19(22)13-21(4)25(23,24)18-11-7-15(2)8-12-18/h5-12,16H,13H2,1-4H3,(H,20,22)/t16-/m0/s1. The SMILES string of the molecule is Cc1ccc([C@H](C)NC(=O)CN(C)S(=O)(=O)c2ccc(C)cc2)cc1. The third-order valence-electron chi connectivity index (χ3n) is 4.05. The topological polar surface area (TPSA) is 66.5 Å². The van der Waals surface area contributed by atoms with E-state index in [2.05, 4.69) is 5.32 Å². The largest absolute Gasteiger partial charge is 0.348 e. The van der Waals surface area contributed by atoms with Gasteiger partial charge in [-0.2, -0.15) is 4.31 Å². The fourth-order valence-electron chi connectivity index (χ4n) is 2.40. The highest BCUT2D eigenvalue weighted by atomic mass is 32.2. The number of hydrogen-bond acceptors (Lipinski definition) is 3. The van der Waals surface area contributed by atoms with Gasteiger partial charge >= 0.3 is 0 Å². The van der Waals surface area contributed by atoms with Gasteiger partial charge in [-0.3, -0.25) is 4.79 Å². The van der Waals surface area contributed by atoms with Crippen LogP contribution < -0.4 is 5.32 Å². The molecule has 5 nitrogen and oxygen atoms in total. The van der Waals surface area contributed by atoms with Gasteiger partial charge in [0.2, 0.25) is 15.9 Å². The number of amides is 1. The molecule has 0 saturated heterocycles. The van der Waals surface area contributed by atoms with Gasteiger partial charge in [0.1, 0.15) is 0 Å². The monoisotopic (exact) mass is 360 g/mol. The predicted molar refractivity (Wildman–Crippen MR) is 98.7 cm³/mol. The van der Waals surface area contributed by atoms with E-state index in [0.29, 0.717) is 0 Å². The van der Waals surface area contributed by atoms with Crippen LogP contribution in [0.4, 0.5) is 0 Å². The van der Waals surface area contributed by atoms with E-state index in [9.17, 15) is 13.2 Å². The normalized spacial score (nSPS) is 12.8. The van der Waals surface area contributed by atoms with E-state index < -0.39 is 10.0 Å². The molecule has 0 bridgehead atoms. The highest BCUT2D eigenvalue weighted by Crippen LogP contribution is 2.16. The van der Waals surface area contributed by atoms with E-state index >= 15 is 0 Å². The van der Waals surface area contributed by atoms with Crippen LogP contribution in [-0.2, 0) is 14.8 Å². The molecular formula is C19H24N2O3S. The van der Waals surface area contributed by atoms with Crippen molar-refractivity contribution in [3.63, 3.8) is 0 Å². The van der Waals surface area contributed by atoms with Crippen molar-refractivity contribution in [2.75, 3.05) is 13.6 Å². The van der Waals surface area contributed by atoms with E-state index in [-0.39, 0.29) is 23.4 Å². The summed E-state index contributed by atoms with van der Waals surface area (Å²) in [6, 6.07) is 14.2. The first-order valence-corrected chi connectivity index (χ1v) is 9.53. The molecule has 1 atom stereocenters. The first-order chi connectivity index (χ1) is 11.7.